The van der Waals surface area contributed by atoms with Gasteiger partial charge in [-0.2, -0.15) is 0 Å². The summed E-state index contributed by atoms with van der Waals surface area (Å²) in [7, 11) is 0. The summed E-state index contributed by atoms with van der Waals surface area (Å²) in [6.07, 6.45) is 1.68. The van der Waals surface area contributed by atoms with Gasteiger partial charge < -0.3 is 4.98 Å². The molecule has 0 bridgehead atoms. The predicted molar refractivity (Wildman–Crippen MR) is 86.3 cm³/mol. The van der Waals surface area contributed by atoms with Gasteiger partial charge in [0.2, 0.25) is 0 Å². The van der Waals surface area contributed by atoms with E-state index in [1.54, 1.807) is 29.8 Å². The van der Waals surface area contributed by atoms with Crippen LogP contribution in [0.15, 0.2) is 47.4 Å². The van der Waals surface area contributed by atoms with E-state index < -0.39 is 0 Å². The highest BCUT2D eigenvalue weighted by Crippen LogP contribution is 2.20. The predicted octanol–water partition coefficient (Wildman–Crippen LogP) is 3.20. The first-order valence-corrected chi connectivity index (χ1v) is 7.15. The van der Waals surface area contributed by atoms with E-state index in [0.717, 1.165) is 5.52 Å². The summed E-state index contributed by atoms with van der Waals surface area (Å²) in [4.78, 5) is 20.2. The number of hydrogen-bond donors (Lipinski definition) is 1. The van der Waals surface area contributed by atoms with Crippen LogP contribution in [0.5, 0.6) is 0 Å². The molecule has 0 aliphatic heterocycles. The largest absolute Gasteiger partial charge is 0.351 e. The van der Waals surface area contributed by atoms with Crippen molar-refractivity contribution in [2.24, 2.45) is 0 Å². The van der Waals surface area contributed by atoms with E-state index in [1.807, 2.05) is 24.3 Å². The normalized spacial score (nSPS) is 11.4. The summed E-state index contributed by atoms with van der Waals surface area (Å²) < 4.78 is 1.60. The van der Waals surface area contributed by atoms with E-state index in [0.29, 0.717) is 33.1 Å². The van der Waals surface area contributed by atoms with Gasteiger partial charge in [-0.1, -0.05) is 23.7 Å². The molecule has 0 unspecified atom stereocenters. The van der Waals surface area contributed by atoms with Crippen LogP contribution in [0.4, 0.5) is 0 Å². The van der Waals surface area contributed by atoms with Crippen molar-refractivity contribution < 1.29 is 0 Å². The number of rotatable bonds is 1. The molecule has 108 valence electrons. The highest BCUT2D eigenvalue weighted by molar-refractivity contribution is 6.30. The number of benzene rings is 1. The lowest BCUT2D eigenvalue weighted by atomic mass is 10.1. The Labute approximate surface area is 130 Å². The fourth-order valence-corrected chi connectivity index (χ4v) is 2.68. The molecule has 1 N–H and O–H groups in total. The second kappa shape index (κ2) is 4.68. The molecule has 3 heterocycles. The summed E-state index contributed by atoms with van der Waals surface area (Å²) in [5.74, 6) is 0.475. The van der Waals surface area contributed by atoms with Crippen LogP contribution in [0.1, 0.15) is 5.56 Å². The summed E-state index contributed by atoms with van der Waals surface area (Å²) in [6, 6.07) is 10.9. The number of H-pyrrole nitrogens is 1. The minimum atomic E-state index is -0.0127. The van der Waals surface area contributed by atoms with E-state index in [9.17, 15) is 4.79 Å². The van der Waals surface area contributed by atoms with E-state index in [1.165, 1.54) is 0 Å². The maximum Gasteiger partial charge on any atom is 0.198 e. The van der Waals surface area contributed by atoms with Gasteiger partial charge in [-0.15, -0.1) is 5.10 Å². The van der Waals surface area contributed by atoms with Crippen molar-refractivity contribution in [2.45, 2.75) is 6.92 Å². The van der Waals surface area contributed by atoms with Gasteiger partial charge in [0.1, 0.15) is 0 Å². The standard InChI is InChI=1S/C16H11ClN4O/c1-9-14(18-12-5-3-2-4-11(12)15(9)22)16-19-13-7-6-10(17)8-21(13)20-16/h2-8H,1H3,(H,18,22). The zero-order valence-corrected chi connectivity index (χ0v) is 12.4. The lowest BCUT2D eigenvalue weighted by molar-refractivity contribution is 0.961. The first kappa shape index (κ1) is 13.0. The van der Waals surface area contributed by atoms with Crippen LogP contribution in [0, 0.1) is 6.92 Å². The average molecular weight is 311 g/mol. The van der Waals surface area contributed by atoms with Gasteiger partial charge in [0, 0.05) is 22.7 Å². The van der Waals surface area contributed by atoms with Gasteiger partial charge >= 0.3 is 0 Å². The number of pyridine rings is 2. The molecule has 5 nitrogen and oxygen atoms in total. The molecular formula is C16H11ClN4O. The summed E-state index contributed by atoms with van der Waals surface area (Å²) >= 11 is 5.96. The van der Waals surface area contributed by atoms with E-state index in [4.69, 9.17) is 11.6 Å². The lowest BCUT2D eigenvalue weighted by Crippen LogP contribution is -2.09. The van der Waals surface area contributed by atoms with Gasteiger partial charge in [0.15, 0.2) is 16.9 Å². The third-order valence-corrected chi connectivity index (χ3v) is 3.89. The highest BCUT2D eigenvalue weighted by atomic mass is 35.5. The molecule has 4 aromatic rings. The maximum atomic E-state index is 12.5. The Hall–Kier alpha value is -2.66. The molecular weight excluding hydrogens is 300 g/mol. The molecule has 4 rings (SSSR count). The average Bonchev–Trinajstić information content (AvgIpc) is 2.93. The topological polar surface area (TPSA) is 63.1 Å². The number of nitrogens with zero attached hydrogens (tertiary/aromatic N) is 3. The molecule has 22 heavy (non-hydrogen) atoms. The molecule has 0 atom stereocenters. The van der Waals surface area contributed by atoms with Crippen LogP contribution in [-0.4, -0.2) is 19.6 Å². The Morgan fingerprint density at radius 3 is 2.86 bits per heavy atom. The quantitative estimate of drug-likeness (QED) is 0.587. The molecule has 0 aliphatic rings. The minimum absolute atomic E-state index is 0.0127. The Bertz CT molecular complexity index is 1080. The number of nitrogens with one attached hydrogen (secondary N) is 1. The number of aromatic amines is 1. The van der Waals surface area contributed by atoms with Crippen molar-refractivity contribution in [3.8, 4) is 11.5 Å². The first-order chi connectivity index (χ1) is 10.6. The molecule has 0 aliphatic carbocycles. The van der Waals surface area contributed by atoms with Crippen LogP contribution < -0.4 is 5.43 Å². The molecule has 0 radical (unpaired) electrons. The number of fused-ring (bicyclic) bond motifs is 2. The molecule has 0 spiro atoms. The van der Waals surface area contributed by atoms with Gasteiger partial charge in [-0.05, 0) is 31.2 Å². The Kier molecular flexibility index (Phi) is 2.77. The van der Waals surface area contributed by atoms with Crippen molar-refractivity contribution in [1.82, 2.24) is 19.6 Å². The molecule has 0 saturated carbocycles. The van der Waals surface area contributed by atoms with Crippen molar-refractivity contribution in [2.75, 3.05) is 0 Å². The molecule has 1 aromatic carbocycles. The Balaban J connectivity index is 2.03. The van der Waals surface area contributed by atoms with Crippen LogP contribution >= 0.6 is 11.6 Å². The number of hydrogen-bond acceptors (Lipinski definition) is 3. The van der Waals surface area contributed by atoms with Crippen molar-refractivity contribution in [1.29, 1.82) is 0 Å². The van der Waals surface area contributed by atoms with E-state index in [-0.39, 0.29) is 5.43 Å². The summed E-state index contributed by atoms with van der Waals surface area (Å²) in [5.41, 5.74) is 2.66. The van der Waals surface area contributed by atoms with Crippen molar-refractivity contribution >= 4 is 28.2 Å². The van der Waals surface area contributed by atoms with E-state index in [2.05, 4.69) is 15.1 Å². The molecule has 6 heteroatoms. The summed E-state index contributed by atoms with van der Waals surface area (Å²) in [5, 5.41) is 5.64. The van der Waals surface area contributed by atoms with Gasteiger partial charge in [0.25, 0.3) is 0 Å². The lowest BCUT2D eigenvalue weighted by Gasteiger charge is -2.04. The second-order valence-electron chi connectivity index (χ2n) is 5.09. The van der Waals surface area contributed by atoms with Crippen LogP contribution in [0.25, 0.3) is 28.1 Å². The monoisotopic (exact) mass is 310 g/mol. The first-order valence-electron chi connectivity index (χ1n) is 6.77. The molecule has 3 aromatic heterocycles. The van der Waals surface area contributed by atoms with Crippen LogP contribution in [-0.2, 0) is 0 Å². The van der Waals surface area contributed by atoms with Crippen LogP contribution in [0.2, 0.25) is 5.02 Å². The van der Waals surface area contributed by atoms with Crippen molar-refractivity contribution in [3.05, 3.63) is 63.4 Å². The highest BCUT2D eigenvalue weighted by Gasteiger charge is 2.14. The van der Waals surface area contributed by atoms with Gasteiger partial charge in [0.05, 0.1) is 10.7 Å². The fraction of sp³-hybridized carbons (Fsp3) is 0.0625. The minimum Gasteiger partial charge on any atom is -0.351 e. The third kappa shape index (κ3) is 1.90. The fourth-order valence-electron chi connectivity index (χ4n) is 2.52. The molecule has 0 amide bonds. The van der Waals surface area contributed by atoms with Crippen molar-refractivity contribution in [3.63, 3.8) is 0 Å². The Morgan fingerprint density at radius 2 is 2.00 bits per heavy atom. The second-order valence-corrected chi connectivity index (χ2v) is 5.52. The molecule has 0 fully saturated rings. The third-order valence-electron chi connectivity index (χ3n) is 3.67. The maximum absolute atomic E-state index is 12.5. The number of para-hydroxylation sites is 1. The van der Waals surface area contributed by atoms with Gasteiger partial charge in [-0.25, -0.2) is 9.50 Å². The van der Waals surface area contributed by atoms with E-state index >= 15 is 0 Å². The Morgan fingerprint density at radius 1 is 1.18 bits per heavy atom. The molecule has 0 saturated heterocycles. The zero-order chi connectivity index (χ0) is 15.3. The van der Waals surface area contributed by atoms with Gasteiger partial charge in [-0.3, -0.25) is 4.79 Å². The van der Waals surface area contributed by atoms with Crippen LogP contribution in [0.3, 0.4) is 0 Å². The number of aromatic nitrogens is 4. The number of halogens is 1. The smallest absolute Gasteiger partial charge is 0.198 e. The SMILES string of the molecule is Cc1c(-c2nc3ccc(Cl)cn3n2)[nH]c2ccccc2c1=O. The zero-order valence-electron chi connectivity index (χ0n) is 11.7. The summed E-state index contributed by atoms with van der Waals surface area (Å²) in [6.45, 7) is 1.78.